The fraction of sp³-hybridized carbons (Fsp3) is 0.0238. The highest BCUT2D eigenvalue weighted by molar-refractivity contribution is 6.37. The van der Waals surface area contributed by atoms with Crippen LogP contribution in [-0.4, -0.2) is 16.9 Å². The molecule has 10 rings (SSSR count). The van der Waals surface area contributed by atoms with E-state index >= 15 is 0 Å². The minimum absolute atomic E-state index is 0.592. The molecule has 46 heavy (non-hydrogen) atoms. The van der Waals surface area contributed by atoms with Crippen LogP contribution in [0.2, 0.25) is 0 Å². The van der Waals surface area contributed by atoms with Crippen LogP contribution in [0.15, 0.2) is 155 Å². The van der Waals surface area contributed by atoms with Crippen molar-refractivity contribution in [2.24, 2.45) is 4.99 Å². The standard InChI is InChI=1S/C42H27N3O/c1-3-14-27(15-4-1)38-34(25-43-42(44-38)28-16-5-2-6-17-28)45-39-29-18-8-7-13-26(29)23-24-33(39)36-30-19-9-10-20-31(30)37-32-21-11-12-22-35(32)46-41(37)40(36)45/h1-24H,25H2,(H,43,44). The third-order valence-electron chi connectivity index (χ3n) is 9.41. The predicted octanol–water partition coefficient (Wildman–Crippen LogP) is 10.4. The van der Waals surface area contributed by atoms with Gasteiger partial charge in [-0.05, 0) is 22.2 Å². The summed E-state index contributed by atoms with van der Waals surface area (Å²) in [6.45, 7) is 0.592. The van der Waals surface area contributed by atoms with Crippen molar-refractivity contribution in [1.29, 1.82) is 0 Å². The molecule has 3 heterocycles. The van der Waals surface area contributed by atoms with E-state index in [0.29, 0.717) is 6.54 Å². The van der Waals surface area contributed by atoms with Crippen molar-refractivity contribution >= 4 is 82.5 Å². The Morgan fingerprint density at radius 2 is 1.15 bits per heavy atom. The first kappa shape index (κ1) is 25.2. The summed E-state index contributed by atoms with van der Waals surface area (Å²) in [5.41, 5.74) is 8.18. The Bertz CT molecular complexity index is 2730. The van der Waals surface area contributed by atoms with Gasteiger partial charge in [-0.2, -0.15) is 0 Å². The van der Waals surface area contributed by atoms with Crippen LogP contribution in [0, 0.1) is 0 Å². The first-order valence-electron chi connectivity index (χ1n) is 15.7. The Morgan fingerprint density at radius 1 is 0.522 bits per heavy atom. The zero-order chi connectivity index (χ0) is 30.2. The zero-order valence-electron chi connectivity index (χ0n) is 24.9. The average molecular weight is 590 g/mol. The van der Waals surface area contributed by atoms with Crippen LogP contribution in [0.3, 0.4) is 0 Å². The maximum atomic E-state index is 6.88. The molecule has 1 N–H and O–H groups in total. The van der Waals surface area contributed by atoms with Crippen LogP contribution in [0.25, 0.3) is 76.7 Å². The molecule has 9 aromatic rings. The van der Waals surface area contributed by atoms with Crippen LogP contribution < -0.4 is 5.32 Å². The molecule has 0 amide bonds. The van der Waals surface area contributed by atoms with E-state index in [9.17, 15) is 0 Å². The molecular weight excluding hydrogens is 562 g/mol. The van der Waals surface area contributed by atoms with E-state index in [1.165, 1.54) is 32.3 Å². The molecule has 0 saturated carbocycles. The second-order valence-electron chi connectivity index (χ2n) is 11.9. The number of aliphatic imine (C=N–C) groups is 1. The average Bonchev–Trinajstić information content (AvgIpc) is 3.69. The van der Waals surface area contributed by atoms with Gasteiger partial charge in [0.2, 0.25) is 0 Å². The number of nitrogens with one attached hydrogen (secondary N) is 1. The second kappa shape index (κ2) is 9.68. The van der Waals surface area contributed by atoms with Crippen LogP contribution >= 0.6 is 0 Å². The highest BCUT2D eigenvalue weighted by atomic mass is 16.3. The SMILES string of the molecule is c1ccc(C2=NC(c3ccccc3)=C(n3c4c5ccccc5ccc4c4c5ccccc5c5c6ccccc6oc5c43)CN2)cc1. The zero-order valence-corrected chi connectivity index (χ0v) is 24.9. The lowest BCUT2D eigenvalue weighted by atomic mass is 9.98. The molecule has 1 aliphatic rings. The Labute approximate surface area is 264 Å². The highest BCUT2D eigenvalue weighted by Gasteiger charge is 2.28. The normalized spacial score (nSPS) is 13.8. The molecule has 216 valence electrons. The number of amidine groups is 1. The predicted molar refractivity (Wildman–Crippen MR) is 192 cm³/mol. The number of hydrogen-bond acceptors (Lipinski definition) is 3. The summed E-state index contributed by atoms with van der Waals surface area (Å²) in [5.74, 6) is 0.869. The van der Waals surface area contributed by atoms with Crippen molar-refractivity contribution in [2.45, 2.75) is 0 Å². The monoisotopic (exact) mass is 589 g/mol. The largest absolute Gasteiger partial charge is 0.454 e. The third kappa shape index (κ3) is 3.52. The highest BCUT2D eigenvalue weighted by Crippen LogP contribution is 2.47. The number of hydrogen-bond donors (Lipinski definition) is 1. The quantitative estimate of drug-likeness (QED) is 0.223. The van der Waals surface area contributed by atoms with Crippen molar-refractivity contribution in [2.75, 3.05) is 6.54 Å². The molecule has 0 unspecified atom stereocenters. The Hall–Kier alpha value is -6.13. The molecule has 1 aliphatic heterocycles. The van der Waals surface area contributed by atoms with Crippen LogP contribution in [0.4, 0.5) is 0 Å². The Morgan fingerprint density at radius 3 is 1.93 bits per heavy atom. The van der Waals surface area contributed by atoms with E-state index in [1.807, 2.05) is 12.1 Å². The minimum atomic E-state index is 0.592. The molecule has 4 heteroatoms. The third-order valence-corrected chi connectivity index (χ3v) is 9.41. The molecule has 0 bridgehead atoms. The van der Waals surface area contributed by atoms with Crippen molar-refractivity contribution in [3.05, 3.63) is 157 Å². The maximum absolute atomic E-state index is 6.88. The van der Waals surface area contributed by atoms with Crippen molar-refractivity contribution in [1.82, 2.24) is 9.88 Å². The van der Waals surface area contributed by atoms with Gasteiger partial charge in [0, 0.05) is 38.1 Å². The maximum Gasteiger partial charge on any atom is 0.160 e. The molecule has 4 nitrogen and oxygen atoms in total. The van der Waals surface area contributed by atoms with E-state index in [4.69, 9.17) is 9.41 Å². The van der Waals surface area contributed by atoms with E-state index in [2.05, 4.69) is 143 Å². The topological polar surface area (TPSA) is 42.5 Å². The van der Waals surface area contributed by atoms with Gasteiger partial charge in [0.1, 0.15) is 11.4 Å². The van der Waals surface area contributed by atoms with Gasteiger partial charge >= 0.3 is 0 Å². The van der Waals surface area contributed by atoms with Crippen molar-refractivity contribution in [3.63, 3.8) is 0 Å². The summed E-state index contributed by atoms with van der Waals surface area (Å²) < 4.78 is 9.33. The number of furan rings is 1. The number of benzene rings is 7. The number of aromatic nitrogens is 1. The summed E-state index contributed by atoms with van der Waals surface area (Å²) >= 11 is 0. The molecular formula is C42H27N3O. The molecule has 0 saturated heterocycles. The van der Waals surface area contributed by atoms with Gasteiger partial charge in [-0.1, -0.05) is 140 Å². The molecule has 0 radical (unpaired) electrons. The van der Waals surface area contributed by atoms with Crippen LogP contribution in [0.5, 0.6) is 0 Å². The lowest BCUT2D eigenvalue weighted by molar-refractivity contribution is 0.671. The molecule has 0 fully saturated rings. The molecule has 0 atom stereocenters. The van der Waals surface area contributed by atoms with Gasteiger partial charge in [-0.15, -0.1) is 0 Å². The number of para-hydroxylation sites is 1. The number of fused-ring (bicyclic) bond motifs is 12. The van der Waals surface area contributed by atoms with Crippen molar-refractivity contribution < 1.29 is 4.42 Å². The van der Waals surface area contributed by atoms with E-state index in [1.54, 1.807) is 0 Å². The number of rotatable bonds is 3. The minimum Gasteiger partial charge on any atom is -0.454 e. The van der Waals surface area contributed by atoms with Gasteiger partial charge < -0.3 is 14.3 Å². The molecule has 2 aromatic heterocycles. The number of nitrogens with zero attached hydrogens (tertiary/aromatic N) is 2. The first-order chi connectivity index (χ1) is 22.8. The van der Waals surface area contributed by atoms with Gasteiger partial charge in [0.15, 0.2) is 5.58 Å². The van der Waals surface area contributed by atoms with Crippen molar-refractivity contribution in [3.8, 4) is 0 Å². The van der Waals surface area contributed by atoms with Gasteiger partial charge in [-0.25, -0.2) is 4.99 Å². The van der Waals surface area contributed by atoms with Gasteiger partial charge in [0.25, 0.3) is 0 Å². The Kier molecular flexibility index (Phi) is 5.31. The lowest BCUT2D eigenvalue weighted by Crippen LogP contribution is -2.31. The second-order valence-corrected chi connectivity index (χ2v) is 11.9. The fourth-order valence-corrected chi connectivity index (χ4v) is 7.45. The molecule has 0 spiro atoms. The smallest absolute Gasteiger partial charge is 0.160 e. The van der Waals surface area contributed by atoms with Gasteiger partial charge in [-0.3, -0.25) is 0 Å². The van der Waals surface area contributed by atoms with E-state index in [-0.39, 0.29) is 0 Å². The first-order valence-corrected chi connectivity index (χ1v) is 15.7. The molecule has 7 aromatic carbocycles. The van der Waals surface area contributed by atoms with E-state index < -0.39 is 0 Å². The summed E-state index contributed by atoms with van der Waals surface area (Å²) in [7, 11) is 0. The summed E-state index contributed by atoms with van der Waals surface area (Å²) in [4.78, 5) is 5.37. The van der Waals surface area contributed by atoms with Gasteiger partial charge in [0.05, 0.1) is 29.0 Å². The fourth-order valence-electron chi connectivity index (χ4n) is 7.45. The van der Waals surface area contributed by atoms with E-state index in [0.717, 1.165) is 61.3 Å². The molecule has 0 aliphatic carbocycles. The van der Waals surface area contributed by atoms with Crippen LogP contribution in [0.1, 0.15) is 11.1 Å². The Balaban J connectivity index is 1.47. The van der Waals surface area contributed by atoms with Crippen LogP contribution in [-0.2, 0) is 0 Å². The summed E-state index contributed by atoms with van der Waals surface area (Å²) in [5, 5.41) is 13.2. The summed E-state index contributed by atoms with van der Waals surface area (Å²) in [6.07, 6.45) is 0. The lowest BCUT2D eigenvalue weighted by Gasteiger charge is -2.24. The summed E-state index contributed by atoms with van der Waals surface area (Å²) in [6, 6.07) is 51.3.